The summed E-state index contributed by atoms with van der Waals surface area (Å²) in [4.78, 5) is 30.3. The number of hydrogen-bond acceptors (Lipinski definition) is 6. The summed E-state index contributed by atoms with van der Waals surface area (Å²) in [5.41, 5.74) is 3.00. The first kappa shape index (κ1) is 23.8. The van der Waals surface area contributed by atoms with E-state index in [1.54, 1.807) is 13.2 Å². The van der Waals surface area contributed by atoms with Gasteiger partial charge in [-0.1, -0.05) is 11.6 Å². The summed E-state index contributed by atoms with van der Waals surface area (Å²) >= 11 is 8.01. The van der Waals surface area contributed by atoms with Crippen LogP contribution in [0.2, 0.25) is 5.02 Å². The molecule has 0 spiro atoms. The number of aryl methyl sites for hydroxylation is 2. The molecule has 1 saturated heterocycles. The minimum atomic E-state index is -0.347. The molecule has 0 saturated carbocycles. The summed E-state index contributed by atoms with van der Waals surface area (Å²) < 4.78 is 10.1. The smallest absolute Gasteiger partial charge is 0.331 e. The highest BCUT2D eigenvalue weighted by Crippen LogP contribution is 2.42. The molecule has 4 heterocycles. The largest absolute Gasteiger partial charge is 0.488 e. The zero-order valence-corrected chi connectivity index (χ0v) is 21.4. The molecule has 1 N–H and O–H groups in total. The van der Waals surface area contributed by atoms with Crippen molar-refractivity contribution >= 4 is 33.2 Å². The van der Waals surface area contributed by atoms with E-state index >= 15 is 0 Å². The summed E-state index contributed by atoms with van der Waals surface area (Å²) in [6, 6.07) is 9.67. The molecule has 9 heteroatoms. The number of nitrogens with zero attached hydrogens (tertiary/aromatic N) is 3. The Bertz CT molecular complexity index is 1520. The molecule has 1 fully saturated rings. The lowest BCUT2D eigenvalue weighted by Crippen LogP contribution is -2.42. The SMILES string of the molecule is Cc1cc(Cl)cc(-c2ccnc3cc(Cn4c(=O)ccn(C)c4=O)sc23)c1OC1CC[C@H](C)NC1. The fourth-order valence-corrected chi connectivity index (χ4v) is 5.92. The van der Waals surface area contributed by atoms with E-state index in [9.17, 15) is 9.59 Å². The highest BCUT2D eigenvalue weighted by atomic mass is 35.5. The third-order valence-electron chi connectivity index (χ3n) is 6.45. The molecule has 4 aromatic rings. The van der Waals surface area contributed by atoms with E-state index < -0.39 is 0 Å². The van der Waals surface area contributed by atoms with Gasteiger partial charge in [-0.3, -0.25) is 14.3 Å². The zero-order chi connectivity index (χ0) is 24.7. The number of pyridine rings is 1. The zero-order valence-electron chi connectivity index (χ0n) is 19.9. The first-order valence-electron chi connectivity index (χ1n) is 11.6. The molecule has 0 amide bonds. The summed E-state index contributed by atoms with van der Waals surface area (Å²) in [5, 5.41) is 4.14. The number of benzene rings is 1. The number of aromatic nitrogens is 3. The van der Waals surface area contributed by atoms with E-state index in [0.717, 1.165) is 56.9 Å². The molecule has 3 aromatic heterocycles. The third kappa shape index (κ3) is 4.78. The molecule has 0 aliphatic carbocycles. The van der Waals surface area contributed by atoms with Gasteiger partial charge in [-0.05, 0) is 56.5 Å². The van der Waals surface area contributed by atoms with E-state index in [1.807, 2.05) is 31.2 Å². The summed E-state index contributed by atoms with van der Waals surface area (Å²) in [5.74, 6) is 0.825. The van der Waals surface area contributed by atoms with Gasteiger partial charge in [0.25, 0.3) is 5.56 Å². The standard InChI is InChI=1S/C26H27ClN4O3S/c1-15-10-17(27)11-21(24(15)34-18-5-4-16(2)29-13-18)20-6-8-28-22-12-19(35-25(20)22)14-31-23(32)7-9-30(3)26(31)33/h6-12,16,18,29H,4-5,13-14H2,1-3H3/t16-,18?/m0/s1. The average Bonchev–Trinajstić information content (AvgIpc) is 3.25. The predicted molar refractivity (Wildman–Crippen MR) is 141 cm³/mol. The molecular formula is C26H27ClN4O3S. The van der Waals surface area contributed by atoms with E-state index in [-0.39, 0.29) is 23.9 Å². The highest BCUT2D eigenvalue weighted by molar-refractivity contribution is 7.19. The lowest BCUT2D eigenvalue weighted by Gasteiger charge is -2.29. The summed E-state index contributed by atoms with van der Waals surface area (Å²) in [7, 11) is 1.63. The van der Waals surface area contributed by atoms with Crippen LogP contribution in [0.5, 0.6) is 5.75 Å². The number of piperidine rings is 1. The Kier molecular flexibility index (Phi) is 6.53. The van der Waals surface area contributed by atoms with Gasteiger partial charge in [-0.15, -0.1) is 11.3 Å². The topological polar surface area (TPSA) is 78.2 Å². The van der Waals surface area contributed by atoms with Crippen LogP contribution < -0.4 is 21.3 Å². The van der Waals surface area contributed by atoms with Gasteiger partial charge in [-0.25, -0.2) is 4.79 Å². The molecule has 1 aliphatic heterocycles. The van der Waals surface area contributed by atoms with Crippen LogP contribution in [0.1, 0.15) is 30.2 Å². The second-order valence-electron chi connectivity index (χ2n) is 9.15. The molecule has 2 atom stereocenters. The Morgan fingerprint density at radius 2 is 2.03 bits per heavy atom. The van der Waals surface area contributed by atoms with Crippen LogP contribution in [0.4, 0.5) is 0 Å². The minimum absolute atomic E-state index is 0.0854. The maximum atomic E-state index is 12.5. The average molecular weight is 511 g/mol. The second kappa shape index (κ2) is 9.60. The van der Waals surface area contributed by atoms with Gasteiger partial charge in [0.2, 0.25) is 0 Å². The van der Waals surface area contributed by atoms with Gasteiger partial charge in [0, 0.05) is 59.1 Å². The highest BCUT2D eigenvalue weighted by Gasteiger charge is 2.23. The van der Waals surface area contributed by atoms with Crippen LogP contribution >= 0.6 is 22.9 Å². The molecule has 1 unspecified atom stereocenters. The normalized spacial score (nSPS) is 18.2. The number of halogens is 1. The van der Waals surface area contributed by atoms with Crippen LogP contribution in [-0.2, 0) is 13.6 Å². The number of ether oxygens (including phenoxy) is 1. The lowest BCUT2D eigenvalue weighted by molar-refractivity contribution is 0.152. The monoisotopic (exact) mass is 510 g/mol. The summed E-state index contributed by atoms with van der Waals surface area (Å²) in [6.07, 6.45) is 5.40. The van der Waals surface area contributed by atoms with Crippen molar-refractivity contribution in [3.8, 4) is 16.9 Å². The van der Waals surface area contributed by atoms with Crippen molar-refractivity contribution in [2.45, 2.75) is 45.4 Å². The van der Waals surface area contributed by atoms with Gasteiger partial charge in [-0.2, -0.15) is 0 Å². The van der Waals surface area contributed by atoms with E-state index in [0.29, 0.717) is 11.1 Å². The fraction of sp³-hybridized carbons (Fsp3) is 0.346. The number of nitrogens with one attached hydrogen (secondary N) is 1. The molecule has 35 heavy (non-hydrogen) atoms. The minimum Gasteiger partial charge on any atom is -0.488 e. The maximum Gasteiger partial charge on any atom is 0.331 e. The van der Waals surface area contributed by atoms with Crippen LogP contribution in [0, 0.1) is 6.92 Å². The Balaban J connectivity index is 1.57. The predicted octanol–water partition coefficient (Wildman–Crippen LogP) is 4.35. The molecule has 1 aromatic carbocycles. The first-order chi connectivity index (χ1) is 16.8. The van der Waals surface area contributed by atoms with Gasteiger partial charge >= 0.3 is 5.69 Å². The van der Waals surface area contributed by atoms with Gasteiger partial charge < -0.3 is 14.6 Å². The van der Waals surface area contributed by atoms with Gasteiger partial charge in [0.1, 0.15) is 11.9 Å². The molecule has 0 radical (unpaired) electrons. The fourth-order valence-electron chi connectivity index (χ4n) is 4.52. The van der Waals surface area contributed by atoms with Crippen LogP contribution in [0.3, 0.4) is 0 Å². The Hall–Kier alpha value is -2.94. The molecule has 7 nitrogen and oxygen atoms in total. The van der Waals surface area contributed by atoms with Crippen molar-refractivity contribution in [3.05, 3.63) is 79.0 Å². The van der Waals surface area contributed by atoms with Crippen molar-refractivity contribution < 1.29 is 4.74 Å². The van der Waals surface area contributed by atoms with Crippen LogP contribution in [0.15, 0.2) is 52.3 Å². The molecular weight excluding hydrogens is 484 g/mol. The Labute approximate surface area is 212 Å². The second-order valence-corrected chi connectivity index (χ2v) is 10.7. The number of rotatable bonds is 5. The van der Waals surface area contributed by atoms with Crippen molar-refractivity contribution in [2.24, 2.45) is 7.05 Å². The lowest BCUT2D eigenvalue weighted by atomic mass is 10.0. The molecule has 0 bridgehead atoms. The number of hydrogen-bond donors (Lipinski definition) is 1. The molecule has 1 aliphatic rings. The quantitative estimate of drug-likeness (QED) is 0.432. The molecule has 5 rings (SSSR count). The van der Waals surface area contributed by atoms with Crippen molar-refractivity contribution in [1.29, 1.82) is 0 Å². The van der Waals surface area contributed by atoms with Crippen molar-refractivity contribution in [3.63, 3.8) is 0 Å². The Morgan fingerprint density at radius 3 is 2.80 bits per heavy atom. The van der Waals surface area contributed by atoms with Gasteiger partial charge in [0.15, 0.2) is 0 Å². The third-order valence-corrected chi connectivity index (χ3v) is 7.81. The van der Waals surface area contributed by atoms with E-state index in [4.69, 9.17) is 16.3 Å². The summed E-state index contributed by atoms with van der Waals surface area (Å²) in [6.45, 7) is 5.20. The van der Waals surface area contributed by atoms with Crippen LogP contribution in [-0.4, -0.2) is 32.8 Å². The van der Waals surface area contributed by atoms with Crippen molar-refractivity contribution in [2.75, 3.05) is 6.54 Å². The first-order valence-corrected chi connectivity index (χ1v) is 12.8. The van der Waals surface area contributed by atoms with E-state index in [2.05, 4.69) is 17.2 Å². The van der Waals surface area contributed by atoms with Crippen LogP contribution in [0.25, 0.3) is 21.3 Å². The maximum absolute atomic E-state index is 12.5. The van der Waals surface area contributed by atoms with E-state index in [1.165, 1.54) is 32.7 Å². The molecule has 182 valence electrons. The Morgan fingerprint density at radius 1 is 1.20 bits per heavy atom. The number of thiophene rings is 1. The van der Waals surface area contributed by atoms with Gasteiger partial charge in [0.05, 0.1) is 16.8 Å². The number of fused-ring (bicyclic) bond motifs is 1. The van der Waals surface area contributed by atoms with Crippen molar-refractivity contribution in [1.82, 2.24) is 19.4 Å².